The zero-order valence-corrected chi connectivity index (χ0v) is 11.2. The van der Waals surface area contributed by atoms with Crippen molar-refractivity contribution in [2.45, 2.75) is 44.3 Å². The standard InChI is InChI=1S/C13H27N3O/c1-3-14-11(10-17)8-16-7-6-12-4-5-13(9-16)15(12)2/h11-14,17H,3-10H2,1-2H3. The van der Waals surface area contributed by atoms with E-state index in [1.165, 1.54) is 32.4 Å². The SMILES string of the molecule is CCNC(CO)CN1CCC2CCC(C1)N2C. The summed E-state index contributed by atoms with van der Waals surface area (Å²) in [5.74, 6) is 0. The second-order valence-corrected chi connectivity index (χ2v) is 5.54. The summed E-state index contributed by atoms with van der Waals surface area (Å²) < 4.78 is 0. The minimum atomic E-state index is 0.238. The van der Waals surface area contributed by atoms with Gasteiger partial charge in [-0.25, -0.2) is 0 Å². The average molecular weight is 241 g/mol. The highest BCUT2D eigenvalue weighted by Crippen LogP contribution is 2.28. The highest BCUT2D eigenvalue weighted by atomic mass is 16.3. The lowest BCUT2D eigenvalue weighted by Crippen LogP contribution is -2.46. The van der Waals surface area contributed by atoms with Crippen molar-refractivity contribution < 1.29 is 5.11 Å². The van der Waals surface area contributed by atoms with Crippen molar-refractivity contribution in [1.82, 2.24) is 15.1 Å². The third kappa shape index (κ3) is 3.19. The normalized spacial score (nSPS) is 32.6. The van der Waals surface area contributed by atoms with Gasteiger partial charge in [0.1, 0.15) is 0 Å². The second kappa shape index (κ2) is 6.14. The number of aliphatic hydroxyl groups excluding tert-OH is 1. The first-order chi connectivity index (χ1) is 8.24. The third-order valence-corrected chi connectivity index (χ3v) is 4.42. The van der Waals surface area contributed by atoms with Crippen LogP contribution in [-0.4, -0.2) is 72.9 Å². The lowest BCUT2D eigenvalue weighted by molar-refractivity contribution is 0.169. The number of likely N-dealkylation sites (tertiary alicyclic amines) is 1. The van der Waals surface area contributed by atoms with E-state index in [-0.39, 0.29) is 12.6 Å². The van der Waals surface area contributed by atoms with Crippen LogP contribution in [0.3, 0.4) is 0 Å². The Labute approximate surface area is 105 Å². The number of aliphatic hydroxyl groups is 1. The molecule has 4 heteroatoms. The number of nitrogens with zero attached hydrogens (tertiary/aromatic N) is 2. The van der Waals surface area contributed by atoms with E-state index < -0.39 is 0 Å². The highest BCUT2D eigenvalue weighted by molar-refractivity contribution is 4.91. The number of hydrogen-bond acceptors (Lipinski definition) is 4. The van der Waals surface area contributed by atoms with Crippen molar-refractivity contribution >= 4 is 0 Å². The first-order valence-corrected chi connectivity index (χ1v) is 7.03. The van der Waals surface area contributed by atoms with Gasteiger partial charge in [0, 0.05) is 31.2 Å². The van der Waals surface area contributed by atoms with Crippen molar-refractivity contribution in [2.24, 2.45) is 0 Å². The van der Waals surface area contributed by atoms with E-state index in [9.17, 15) is 5.11 Å². The van der Waals surface area contributed by atoms with Crippen molar-refractivity contribution in [3.63, 3.8) is 0 Å². The molecule has 0 aromatic rings. The Kier molecular flexibility index (Phi) is 4.79. The fourth-order valence-corrected chi connectivity index (χ4v) is 3.33. The van der Waals surface area contributed by atoms with Gasteiger partial charge in [0.05, 0.1) is 6.61 Å². The van der Waals surface area contributed by atoms with Crippen LogP contribution in [-0.2, 0) is 0 Å². The van der Waals surface area contributed by atoms with E-state index in [0.717, 1.165) is 25.2 Å². The molecule has 0 saturated carbocycles. The molecule has 2 N–H and O–H groups in total. The molecule has 0 aromatic heterocycles. The van der Waals surface area contributed by atoms with Crippen molar-refractivity contribution in [3.05, 3.63) is 0 Å². The molecule has 2 heterocycles. The van der Waals surface area contributed by atoms with Crippen LogP contribution in [0.1, 0.15) is 26.2 Å². The van der Waals surface area contributed by atoms with Crippen molar-refractivity contribution in [2.75, 3.05) is 39.8 Å². The molecule has 2 bridgehead atoms. The average Bonchev–Trinajstić information content (AvgIpc) is 2.56. The molecular formula is C13H27N3O. The van der Waals surface area contributed by atoms with Gasteiger partial charge in [-0.05, 0) is 39.4 Å². The Hall–Kier alpha value is -0.160. The minimum absolute atomic E-state index is 0.238. The van der Waals surface area contributed by atoms with Gasteiger partial charge in [-0.3, -0.25) is 4.90 Å². The molecule has 0 amide bonds. The fourth-order valence-electron chi connectivity index (χ4n) is 3.33. The molecule has 2 rings (SSSR count). The maximum absolute atomic E-state index is 9.34. The maximum Gasteiger partial charge on any atom is 0.0597 e. The van der Waals surface area contributed by atoms with Gasteiger partial charge >= 0.3 is 0 Å². The summed E-state index contributed by atoms with van der Waals surface area (Å²) in [5.41, 5.74) is 0. The fraction of sp³-hybridized carbons (Fsp3) is 1.00. The van der Waals surface area contributed by atoms with Gasteiger partial charge in [0.2, 0.25) is 0 Å². The predicted octanol–water partition coefficient (Wildman–Crippen LogP) is 0.125. The Morgan fingerprint density at radius 3 is 2.76 bits per heavy atom. The summed E-state index contributed by atoms with van der Waals surface area (Å²) in [6.45, 7) is 6.63. The zero-order chi connectivity index (χ0) is 12.3. The Morgan fingerprint density at radius 2 is 2.06 bits per heavy atom. The topological polar surface area (TPSA) is 38.7 Å². The minimum Gasteiger partial charge on any atom is -0.395 e. The summed E-state index contributed by atoms with van der Waals surface area (Å²) in [7, 11) is 2.28. The summed E-state index contributed by atoms with van der Waals surface area (Å²) in [4.78, 5) is 5.10. The second-order valence-electron chi connectivity index (χ2n) is 5.54. The van der Waals surface area contributed by atoms with E-state index in [1.54, 1.807) is 0 Å². The van der Waals surface area contributed by atoms with Crippen LogP contribution in [0.25, 0.3) is 0 Å². The Balaban J connectivity index is 1.86. The van der Waals surface area contributed by atoms with Crippen LogP contribution in [0.15, 0.2) is 0 Å². The molecule has 4 nitrogen and oxygen atoms in total. The lowest BCUT2D eigenvalue weighted by Gasteiger charge is -2.28. The van der Waals surface area contributed by atoms with Crippen LogP contribution in [0.5, 0.6) is 0 Å². The van der Waals surface area contributed by atoms with Crippen LogP contribution in [0.2, 0.25) is 0 Å². The van der Waals surface area contributed by atoms with Crippen molar-refractivity contribution in [1.29, 1.82) is 0 Å². The van der Waals surface area contributed by atoms with Gasteiger partial charge in [-0.2, -0.15) is 0 Å². The van der Waals surface area contributed by atoms with Crippen LogP contribution in [0.4, 0.5) is 0 Å². The van der Waals surface area contributed by atoms with Gasteiger partial charge in [0.15, 0.2) is 0 Å². The molecule has 2 aliphatic rings. The molecular weight excluding hydrogens is 214 g/mol. The molecule has 0 spiro atoms. The van der Waals surface area contributed by atoms with Crippen LogP contribution >= 0.6 is 0 Å². The lowest BCUT2D eigenvalue weighted by atomic mass is 10.1. The molecule has 3 unspecified atom stereocenters. The molecule has 100 valence electrons. The number of fused-ring (bicyclic) bond motifs is 2. The van der Waals surface area contributed by atoms with Gasteiger partial charge in [0.25, 0.3) is 0 Å². The number of rotatable bonds is 5. The maximum atomic E-state index is 9.34. The summed E-state index contributed by atoms with van der Waals surface area (Å²) >= 11 is 0. The number of nitrogens with one attached hydrogen (secondary N) is 1. The number of likely N-dealkylation sites (N-methyl/N-ethyl adjacent to an activating group) is 2. The van der Waals surface area contributed by atoms with E-state index in [1.807, 2.05) is 0 Å². The largest absolute Gasteiger partial charge is 0.395 e. The molecule has 2 fully saturated rings. The highest BCUT2D eigenvalue weighted by Gasteiger charge is 2.34. The Morgan fingerprint density at radius 1 is 1.29 bits per heavy atom. The molecule has 2 aliphatic heterocycles. The smallest absolute Gasteiger partial charge is 0.0597 e. The quantitative estimate of drug-likeness (QED) is 0.717. The molecule has 0 aliphatic carbocycles. The van der Waals surface area contributed by atoms with Gasteiger partial charge < -0.3 is 15.3 Å². The predicted molar refractivity (Wildman–Crippen MR) is 70.2 cm³/mol. The summed E-state index contributed by atoms with van der Waals surface area (Å²) in [6, 6.07) is 1.78. The van der Waals surface area contributed by atoms with E-state index in [2.05, 4.69) is 29.1 Å². The molecule has 17 heavy (non-hydrogen) atoms. The van der Waals surface area contributed by atoms with Crippen molar-refractivity contribution in [3.8, 4) is 0 Å². The van der Waals surface area contributed by atoms with Crippen LogP contribution in [0, 0.1) is 0 Å². The zero-order valence-electron chi connectivity index (χ0n) is 11.2. The third-order valence-electron chi connectivity index (χ3n) is 4.42. The van der Waals surface area contributed by atoms with Crippen LogP contribution < -0.4 is 5.32 Å². The van der Waals surface area contributed by atoms with E-state index >= 15 is 0 Å². The summed E-state index contributed by atoms with van der Waals surface area (Å²) in [5, 5.41) is 12.7. The monoisotopic (exact) mass is 241 g/mol. The molecule has 0 aromatic carbocycles. The van der Waals surface area contributed by atoms with E-state index in [0.29, 0.717) is 0 Å². The summed E-state index contributed by atoms with van der Waals surface area (Å²) in [6.07, 6.45) is 4.02. The first-order valence-electron chi connectivity index (χ1n) is 7.03. The molecule has 0 radical (unpaired) electrons. The van der Waals surface area contributed by atoms with Gasteiger partial charge in [-0.15, -0.1) is 0 Å². The number of hydrogen-bond donors (Lipinski definition) is 2. The molecule has 3 atom stereocenters. The van der Waals surface area contributed by atoms with E-state index in [4.69, 9.17) is 0 Å². The first kappa shape index (κ1) is 13.3. The molecule has 2 saturated heterocycles. The van der Waals surface area contributed by atoms with Gasteiger partial charge in [-0.1, -0.05) is 6.92 Å². The Bertz CT molecular complexity index is 237.